The number of hydrogen-bond donors (Lipinski definition) is 2. The highest BCUT2D eigenvalue weighted by atomic mass is 32.2. The van der Waals surface area contributed by atoms with Gasteiger partial charge in [0, 0.05) is 18.5 Å². The van der Waals surface area contributed by atoms with Gasteiger partial charge in [-0.25, -0.2) is 4.79 Å². The maximum atomic E-state index is 13.4. The lowest BCUT2D eigenvalue weighted by Crippen LogP contribution is -2.58. The molecule has 0 bridgehead atoms. The molecule has 0 spiro atoms. The molecular weight excluding hydrogens is 452 g/mol. The topological polar surface area (TPSA) is 98.6 Å². The van der Waals surface area contributed by atoms with E-state index in [4.69, 9.17) is 0 Å². The minimum absolute atomic E-state index is 0.0186. The molecule has 2 aliphatic carbocycles. The first-order valence-corrected chi connectivity index (χ1v) is 13.8. The van der Waals surface area contributed by atoms with Crippen LogP contribution in [0.3, 0.4) is 0 Å². The fourth-order valence-electron chi connectivity index (χ4n) is 5.50. The van der Waals surface area contributed by atoms with Crippen LogP contribution < -0.4 is 10.6 Å². The molecule has 34 heavy (non-hydrogen) atoms. The second-order valence-electron chi connectivity index (χ2n) is 9.97. The largest absolute Gasteiger partial charge is 0.501 e. The Morgan fingerprint density at radius 1 is 1.09 bits per heavy atom. The minimum atomic E-state index is -0.462. The van der Waals surface area contributed by atoms with Crippen molar-refractivity contribution in [3.8, 4) is 0 Å². The van der Waals surface area contributed by atoms with Crippen LogP contribution in [0.1, 0.15) is 71.1 Å². The number of urea groups is 1. The van der Waals surface area contributed by atoms with Gasteiger partial charge < -0.3 is 10.6 Å². The van der Waals surface area contributed by atoms with E-state index in [0.717, 1.165) is 57.8 Å². The number of thioether (sulfide) groups is 1. The molecule has 0 aromatic rings. The molecule has 0 aromatic carbocycles. The van der Waals surface area contributed by atoms with E-state index in [0.29, 0.717) is 18.8 Å². The van der Waals surface area contributed by atoms with Crippen molar-refractivity contribution in [3.05, 3.63) is 11.5 Å². The Kier molecular flexibility index (Phi) is 8.45. The monoisotopic (exact) mass is 489 g/mol. The molecule has 4 rings (SSSR count). The van der Waals surface area contributed by atoms with Gasteiger partial charge in [0.25, 0.3) is 5.91 Å². The van der Waals surface area contributed by atoms with Gasteiger partial charge in [-0.2, -0.15) is 14.3 Å². The van der Waals surface area contributed by atoms with Crippen LogP contribution in [0.2, 0.25) is 0 Å². The van der Waals surface area contributed by atoms with Crippen LogP contribution in [0.25, 0.3) is 0 Å². The number of carbonyl (C=O) groups is 4. The number of amides is 5. The van der Waals surface area contributed by atoms with Crippen LogP contribution in [-0.2, 0) is 14.4 Å². The molecule has 1 unspecified atom stereocenters. The third-order valence-electron chi connectivity index (χ3n) is 7.47. The number of imide groups is 1. The lowest BCUT2D eigenvalue weighted by Gasteiger charge is -2.31. The Bertz CT molecular complexity index is 872. The Morgan fingerprint density at radius 2 is 1.82 bits per heavy atom. The second kappa shape index (κ2) is 11.5. The van der Waals surface area contributed by atoms with Crippen LogP contribution in [0.5, 0.6) is 0 Å². The van der Waals surface area contributed by atoms with Crippen molar-refractivity contribution in [2.75, 3.05) is 19.6 Å². The lowest BCUT2D eigenvalue weighted by molar-refractivity contribution is -0.427. The van der Waals surface area contributed by atoms with Crippen molar-refractivity contribution in [1.29, 1.82) is 0 Å². The predicted molar refractivity (Wildman–Crippen MR) is 132 cm³/mol. The molecule has 1 atom stereocenters. The Balaban J connectivity index is 1.38. The molecule has 2 saturated carbocycles. The van der Waals surface area contributed by atoms with Crippen molar-refractivity contribution in [3.63, 3.8) is 0 Å². The number of fused-ring (bicyclic) bond motifs is 1. The molecule has 2 heterocycles. The van der Waals surface area contributed by atoms with Crippen molar-refractivity contribution in [2.24, 2.45) is 11.8 Å². The summed E-state index contributed by atoms with van der Waals surface area (Å²) in [5, 5.41) is 7.43. The van der Waals surface area contributed by atoms with Gasteiger partial charge in [-0.05, 0) is 62.3 Å². The molecule has 0 radical (unpaired) electrons. The number of nitrogens with one attached hydrogen (secondary N) is 2. The summed E-state index contributed by atoms with van der Waals surface area (Å²) in [6, 6.07) is -0.220. The van der Waals surface area contributed by atoms with Crippen molar-refractivity contribution in [2.45, 2.75) is 82.4 Å². The first kappa shape index (κ1) is 24.9. The fourth-order valence-corrected chi connectivity index (χ4v) is 6.47. The Morgan fingerprint density at radius 3 is 2.53 bits per heavy atom. The second-order valence-corrected chi connectivity index (χ2v) is 11.0. The van der Waals surface area contributed by atoms with E-state index in [2.05, 4.69) is 10.6 Å². The van der Waals surface area contributed by atoms with Crippen molar-refractivity contribution in [1.82, 2.24) is 15.5 Å². The average molecular weight is 490 g/mol. The molecular formula is C25H37N4O4S+. The number of allylic oxidation sites excluding steroid dienone is 1. The van der Waals surface area contributed by atoms with E-state index in [1.54, 1.807) is 6.08 Å². The van der Waals surface area contributed by atoms with Gasteiger partial charge in [0.1, 0.15) is 12.3 Å². The summed E-state index contributed by atoms with van der Waals surface area (Å²) in [6.07, 6.45) is 11.3. The van der Waals surface area contributed by atoms with Gasteiger partial charge in [-0.1, -0.05) is 26.2 Å². The van der Waals surface area contributed by atoms with Gasteiger partial charge in [0.2, 0.25) is 5.91 Å². The molecule has 0 aromatic heterocycles. The van der Waals surface area contributed by atoms with E-state index in [-0.39, 0.29) is 42.1 Å². The Labute approximate surface area is 206 Å². The number of carbonyl (C=O) groups excluding carboxylic acids is 4. The van der Waals surface area contributed by atoms with E-state index in [9.17, 15) is 19.2 Å². The quantitative estimate of drug-likeness (QED) is 0.511. The number of nitrogens with zero attached hydrogens (tertiary/aromatic N) is 2. The highest BCUT2D eigenvalue weighted by molar-refractivity contribution is 8.04. The summed E-state index contributed by atoms with van der Waals surface area (Å²) in [5.74, 6) is -0.0354. The standard InChI is InChI=1S/C25H36N4O4S/c1-2-13-26-23(31)18-10-8-17(9-11-18)15-29-24(32)22-20(12-14-34-22)28(25(29)33)16-21(30)27-19-6-4-3-5-7-19/h12,14,17-19,22H,2-11,13,15-16H2,1H3,(H-,26,27,30,31)/p+1. The van der Waals surface area contributed by atoms with Crippen molar-refractivity contribution < 1.29 is 23.8 Å². The van der Waals surface area contributed by atoms with Crippen LogP contribution in [0, 0.1) is 11.8 Å². The zero-order chi connectivity index (χ0) is 24.1. The average Bonchev–Trinajstić information content (AvgIpc) is 3.34. The highest BCUT2D eigenvalue weighted by Crippen LogP contribution is 2.32. The summed E-state index contributed by atoms with van der Waals surface area (Å²) >= 11 is 1.39. The predicted octanol–water partition coefficient (Wildman–Crippen LogP) is 2.81. The number of hydrogen-bond acceptors (Lipinski definition) is 5. The van der Waals surface area contributed by atoms with Gasteiger partial charge in [0.05, 0.1) is 0 Å². The molecule has 9 heteroatoms. The molecule has 2 aliphatic heterocycles. The van der Waals surface area contributed by atoms with E-state index in [1.807, 2.05) is 12.3 Å². The Hall–Kier alpha value is -2.16. The van der Waals surface area contributed by atoms with Gasteiger partial charge in [-0.3, -0.25) is 9.59 Å². The van der Waals surface area contributed by atoms with Gasteiger partial charge >= 0.3 is 11.9 Å². The molecule has 2 fully saturated rings. The fraction of sp³-hybridized carbons (Fsp3) is 0.720. The lowest BCUT2D eigenvalue weighted by atomic mass is 9.81. The molecule has 2 N–H and O–H groups in total. The van der Waals surface area contributed by atoms with Crippen LogP contribution >= 0.6 is 11.8 Å². The molecule has 5 amide bonds. The number of rotatable bonds is 8. The summed E-state index contributed by atoms with van der Waals surface area (Å²) in [4.78, 5) is 53.0. The van der Waals surface area contributed by atoms with Crippen LogP contribution in [-0.4, -0.2) is 69.9 Å². The van der Waals surface area contributed by atoms with E-state index in [1.165, 1.54) is 27.7 Å². The SMILES string of the molecule is CCCNC(=O)C1CCC(CN2C(=O)C3SC=CC3=[N+](CC(=O)NC3CCCCC3)C2=O)CC1. The van der Waals surface area contributed by atoms with E-state index >= 15 is 0 Å². The molecule has 0 saturated heterocycles. The third kappa shape index (κ3) is 5.73. The first-order valence-electron chi connectivity index (χ1n) is 12.9. The smallest absolute Gasteiger partial charge is 0.356 e. The minimum Gasteiger partial charge on any atom is -0.356 e. The van der Waals surface area contributed by atoms with E-state index < -0.39 is 11.3 Å². The van der Waals surface area contributed by atoms with Gasteiger partial charge in [0.15, 0.2) is 11.8 Å². The summed E-state index contributed by atoms with van der Waals surface area (Å²) < 4.78 is 1.49. The third-order valence-corrected chi connectivity index (χ3v) is 8.47. The zero-order valence-electron chi connectivity index (χ0n) is 20.1. The highest BCUT2D eigenvalue weighted by Gasteiger charge is 2.50. The molecule has 8 nitrogen and oxygen atoms in total. The van der Waals surface area contributed by atoms with Crippen LogP contribution in [0.4, 0.5) is 4.79 Å². The van der Waals surface area contributed by atoms with Crippen molar-refractivity contribution >= 4 is 41.2 Å². The maximum Gasteiger partial charge on any atom is 0.501 e. The first-order chi connectivity index (χ1) is 16.5. The normalized spacial score (nSPS) is 27.7. The summed E-state index contributed by atoms with van der Waals surface area (Å²) in [5.41, 5.74) is 0.617. The zero-order valence-corrected chi connectivity index (χ0v) is 20.9. The molecule has 4 aliphatic rings. The molecule has 186 valence electrons. The summed E-state index contributed by atoms with van der Waals surface area (Å²) in [7, 11) is 0. The van der Waals surface area contributed by atoms with Gasteiger partial charge in [-0.15, -0.1) is 11.8 Å². The van der Waals surface area contributed by atoms with Crippen LogP contribution in [0.15, 0.2) is 11.5 Å². The summed E-state index contributed by atoms with van der Waals surface area (Å²) in [6.45, 7) is 3.03. The maximum absolute atomic E-state index is 13.4.